The molecule has 2 aliphatic carbocycles. The highest BCUT2D eigenvalue weighted by Gasteiger charge is 2.57. The number of likely N-dealkylation sites (tertiary alicyclic amines) is 1. The van der Waals surface area contributed by atoms with Gasteiger partial charge in [-0.05, 0) is 32.2 Å². The Balaban J connectivity index is 1.43. The summed E-state index contributed by atoms with van der Waals surface area (Å²) in [5.41, 5.74) is -1.51. The molecule has 6 nitrogen and oxygen atoms in total. The van der Waals surface area contributed by atoms with E-state index in [2.05, 4.69) is 15.5 Å². The van der Waals surface area contributed by atoms with Crippen LogP contribution in [0.3, 0.4) is 0 Å². The van der Waals surface area contributed by atoms with Gasteiger partial charge < -0.3 is 20.1 Å². The van der Waals surface area contributed by atoms with Crippen LogP contribution in [0.5, 0.6) is 0 Å². The van der Waals surface area contributed by atoms with Crippen molar-refractivity contribution in [3.05, 3.63) is 63.3 Å². The van der Waals surface area contributed by atoms with Gasteiger partial charge in [-0.3, -0.25) is 9.59 Å². The molecule has 1 unspecified atom stereocenters. The van der Waals surface area contributed by atoms with Gasteiger partial charge in [0.05, 0.1) is 28.8 Å². The van der Waals surface area contributed by atoms with Gasteiger partial charge >= 0.3 is 6.18 Å². The third-order valence-electron chi connectivity index (χ3n) is 7.67. The summed E-state index contributed by atoms with van der Waals surface area (Å²) in [6.07, 6.45) is -6.67. The van der Waals surface area contributed by atoms with E-state index in [1.165, 1.54) is 19.1 Å². The molecule has 2 aromatic rings. The first kappa shape index (κ1) is 25.6. The molecule has 37 heavy (non-hydrogen) atoms. The predicted molar refractivity (Wildman–Crippen MR) is 123 cm³/mol. The molecular weight excluding hydrogens is 502 g/mol. The van der Waals surface area contributed by atoms with E-state index in [0.29, 0.717) is 11.8 Å². The summed E-state index contributed by atoms with van der Waals surface area (Å²) in [6.45, 7) is 3.09. The number of piperidine rings is 1. The maximum absolute atomic E-state index is 14.6. The zero-order chi connectivity index (χ0) is 26.8. The number of hydrogen-bond donors (Lipinski definition) is 2. The molecule has 2 saturated carbocycles. The average Bonchev–Trinajstić information content (AvgIpc) is 3.69. The third-order valence-corrected chi connectivity index (χ3v) is 7.67. The first-order chi connectivity index (χ1) is 17.4. The van der Waals surface area contributed by atoms with Crippen molar-refractivity contribution < 1.29 is 31.1 Å². The summed E-state index contributed by atoms with van der Waals surface area (Å²) in [4.78, 5) is 28.2. The van der Waals surface area contributed by atoms with E-state index >= 15 is 0 Å². The number of carbonyl (C=O) groups is 1. The van der Waals surface area contributed by atoms with Crippen molar-refractivity contribution in [1.29, 1.82) is 0 Å². The van der Waals surface area contributed by atoms with Crippen LogP contribution in [0.2, 0.25) is 0 Å². The number of carbonyl (C=O) groups excluding carboxylic acids is 1. The fourth-order valence-corrected chi connectivity index (χ4v) is 5.50. The molecule has 1 saturated heterocycles. The van der Waals surface area contributed by atoms with Gasteiger partial charge in [-0.1, -0.05) is 18.2 Å². The zero-order valence-electron chi connectivity index (χ0n) is 20.0. The van der Waals surface area contributed by atoms with Crippen molar-refractivity contribution in [1.82, 2.24) is 14.8 Å². The van der Waals surface area contributed by atoms with Crippen molar-refractivity contribution in [2.24, 2.45) is 17.8 Å². The smallest absolute Gasteiger partial charge is 0.381 e. The van der Waals surface area contributed by atoms with E-state index in [9.17, 15) is 35.9 Å². The molecule has 1 aliphatic heterocycles. The van der Waals surface area contributed by atoms with E-state index in [-0.39, 0.29) is 29.3 Å². The lowest BCUT2D eigenvalue weighted by Gasteiger charge is -2.20. The molecule has 6 atom stereocenters. The average molecular weight is 528 g/mol. The van der Waals surface area contributed by atoms with Gasteiger partial charge in [0.15, 0.2) is 0 Å². The second-order valence-electron chi connectivity index (χ2n) is 10.3. The van der Waals surface area contributed by atoms with E-state index in [0.717, 1.165) is 36.0 Å². The van der Waals surface area contributed by atoms with Gasteiger partial charge in [0, 0.05) is 43.0 Å². The van der Waals surface area contributed by atoms with Crippen LogP contribution in [0.1, 0.15) is 53.3 Å². The van der Waals surface area contributed by atoms with Crippen molar-refractivity contribution in [2.75, 3.05) is 25.5 Å². The Morgan fingerprint density at radius 2 is 1.78 bits per heavy atom. The van der Waals surface area contributed by atoms with Gasteiger partial charge in [0.1, 0.15) is 5.82 Å². The first-order valence-corrected chi connectivity index (χ1v) is 12.0. The molecule has 0 spiro atoms. The normalized spacial score (nSPS) is 27.6. The monoisotopic (exact) mass is 528 g/mol. The summed E-state index contributed by atoms with van der Waals surface area (Å²) < 4.78 is 81.3. The van der Waals surface area contributed by atoms with Gasteiger partial charge in [0.25, 0.3) is 17.9 Å². The topological polar surface area (TPSA) is 66.4 Å². The predicted octanol–water partition coefficient (Wildman–Crippen LogP) is 4.51. The van der Waals surface area contributed by atoms with Crippen LogP contribution in [0.4, 0.5) is 32.0 Å². The van der Waals surface area contributed by atoms with Crippen LogP contribution >= 0.6 is 0 Å². The molecule has 200 valence electrons. The number of aromatic nitrogens is 1. The minimum Gasteiger partial charge on any atom is -0.381 e. The number of alkyl halides is 5. The molecule has 1 amide bonds. The van der Waals surface area contributed by atoms with Crippen LogP contribution in [0.25, 0.3) is 0 Å². The molecule has 0 radical (unpaired) electrons. The maximum atomic E-state index is 14.6. The van der Waals surface area contributed by atoms with Crippen molar-refractivity contribution in [3.63, 3.8) is 0 Å². The van der Waals surface area contributed by atoms with Gasteiger partial charge in [-0.25, -0.2) is 13.2 Å². The minimum atomic E-state index is -4.47. The van der Waals surface area contributed by atoms with Crippen molar-refractivity contribution >= 4 is 11.6 Å². The molecule has 3 aliphatic rings. The Labute approximate surface area is 208 Å². The van der Waals surface area contributed by atoms with Gasteiger partial charge in [-0.15, -0.1) is 0 Å². The molecular formula is C25H26F6N4O2. The second kappa shape index (κ2) is 9.07. The zero-order valence-corrected chi connectivity index (χ0v) is 20.0. The Hall–Kier alpha value is -3.02. The number of hydrogen-bond acceptors (Lipinski definition) is 4. The number of halogens is 6. The molecule has 1 aromatic heterocycles. The SMILES string of the molecule is C[C@@H](NC(=O)c1cn([C@H]2C[C@@H]2C(F)(F)F)c(=O)cc1NC1[C@H]2CN(C)C[C@@H]12)c1cccc(C(F)F)c1F. The Morgan fingerprint density at radius 1 is 1.14 bits per heavy atom. The molecule has 5 rings (SSSR count). The molecule has 2 N–H and O–H groups in total. The summed E-state index contributed by atoms with van der Waals surface area (Å²) in [5.74, 6) is -2.94. The Kier molecular flexibility index (Phi) is 6.28. The van der Waals surface area contributed by atoms with Crippen LogP contribution in [-0.2, 0) is 0 Å². The quantitative estimate of drug-likeness (QED) is 0.519. The molecule has 0 bridgehead atoms. The summed E-state index contributed by atoms with van der Waals surface area (Å²) >= 11 is 0. The number of nitrogens with zero attached hydrogens (tertiary/aromatic N) is 2. The third kappa shape index (κ3) is 4.83. The lowest BCUT2D eigenvalue weighted by molar-refractivity contribution is -0.150. The van der Waals surface area contributed by atoms with E-state index in [1.807, 2.05) is 7.05 Å². The minimum absolute atomic E-state index is 0.0134. The van der Waals surface area contributed by atoms with E-state index in [4.69, 9.17) is 0 Å². The molecule has 2 heterocycles. The highest BCUT2D eigenvalue weighted by Crippen LogP contribution is 2.53. The summed E-state index contributed by atoms with van der Waals surface area (Å²) in [7, 11) is 1.99. The number of amides is 1. The number of pyridine rings is 1. The fraction of sp³-hybridized carbons (Fsp3) is 0.520. The van der Waals surface area contributed by atoms with Crippen molar-refractivity contribution in [2.45, 2.75) is 44.1 Å². The lowest BCUT2D eigenvalue weighted by atomic mass is 10.0. The van der Waals surface area contributed by atoms with E-state index in [1.54, 1.807) is 0 Å². The Bertz CT molecular complexity index is 1270. The molecule has 12 heteroatoms. The summed E-state index contributed by atoms with van der Waals surface area (Å²) in [5, 5.41) is 5.76. The van der Waals surface area contributed by atoms with Gasteiger partial charge in [0.2, 0.25) is 0 Å². The van der Waals surface area contributed by atoms with Crippen LogP contribution in [-0.4, -0.2) is 47.7 Å². The van der Waals surface area contributed by atoms with E-state index < -0.39 is 53.5 Å². The first-order valence-electron chi connectivity index (χ1n) is 12.0. The maximum Gasteiger partial charge on any atom is 0.393 e. The number of benzene rings is 1. The largest absolute Gasteiger partial charge is 0.393 e. The standard InChI is InChI=1S/C25H26F6N4O2/c1-11(12-4-3-5-13(21(12)26)23(27)28)32-24(37)16-10-35(19-6-17(19)25(29,30)31)20(36)7-18(16)33-22-14-8-34(2)9-15(14)22/h3-5,7,10-11,14-15,17,19,22-23,33H,6,8-9H2,1-2H3,(H,32,37)/t11-,14-,15+,17+,19+,22?/m1/s1. The van der Waals surface area contributed by atoms with Gasteiger partial charge in [-0.2, -0.15) is 13.2 Å². The van der Waals surface area contributed by atoms with Crippen molar-refractivity contribution in [3.8, 4) is 0 Å². The molecule has 3 fully saturated rings. The van der Waals surface area contributed by atoms with Crippen LogP contribution in [0, 0.1) is 23.6 Å². The Morgan fingerprint density at radius 3 is 2.38 bits per heavy atom. The number of anilines is 1. The van der Waals surface area contributed by atoms with Crippen LogP contribution in [0.15, 0.2) is 35.3 Å². The summed E-state index contributed by atoms with van der Waals surface area (Å²) in [6, 6.07) is 2.47. The highest BCUT2D eigenvalue weighted by molar-refractivity contribution is 5.99. The number of nitrogens with one attached hydrogen (secondary N) is 2. The number of fused-ring (bicyclic) bond motifs is 1. The number of rotatable bonds is 7. The van der Waals surface area contributed by atoms with Crippen LogP contribution < -0.4 is 16.2 Å². The fourth-order valence-electron chi connectivity index (χ4n) is 5.50. The lowest BCUT2D eigenvalue weighted by Crippen LogP contribution is -2.32. The second-order valence-corrected chi connectivity index (χ2v) is 10.3. The molecule has 1 aromatic carbocycles. The highest BCUT2D eigenvalue weighted by atomic mass is 19.4.